The molecule has 63 heavy (non-hydrogen) atoms. The zero-order valence-electron chi connectivity index (χ0n) is 43.7. The Morgan fingerprint density at radius 1 is 0.286 bits per heavy atom. The second kappa shape index (κ2) is 50.0. The highest BCUT2D eigenvalue weighted by molar-refractivity contribution is 5.09. The summed E-state index contributed by atoms with van der Waals surface area (Å²) in [5, 5.41) is 0. The van der Waals surface area contributed by atoms with Crippen molar-refractivity contribution in [2.24, 2.45) is 0 Å². The average Bonchev–Trinajstić information content (AvgIpc) is 3.29. The summed E-state index contributed by atoms with van der Waals surface area (Å²) < 4.78 is 45.0. The van der Waals surface area contributed by atoms with E-state index in [1.165, 1.54) is 180 Å². The molecule has 7 nitrogen and oxygen atoms in total. The van der Waals surface area contributed by atoms with Crippen molar-refractivity contribution in [1.82, 2.24) is 0 Å². The standard InChI is InChI=1S/C56H110O7/c1-9-17-21-25-29-31-33-35-39-41-45-51(58-13-5)55(60-15-7)53(47-43-37-27-23-19-11-3)62-49-57-50-63-54(48-44-38-28-24-20-12-4)56(61-16-8)52(59-14-6)46-42-40-36-34-32-30-26-22-18-10-2/h53-54H,9-50H2,1-8H3. The van der Waals surface area contributed by atoms with Gasteiger partial charge in [-0.3, -0.25) is 0 Å². The van der Waals surface area contributed by atoms with Crippen molar-refractivity contribution in [3.05, 3.63) is 23.0 Å². The molecular weight excluding hydrogens is 785 g/mol. The first-order chi connectivity index (χ1) is 31.1. The van der Waals surface area contributed by atoms with Crippen LogP contribution >= 0.6 is 0 Å². The van der Waals surface area contributed by atoms with Crippen molar-refractivity contribution < 1.29 is 33.2 Å². The highest BCUT2D eigenvalue weighted by Crippen LogP contribution is 2.28. The minimum Gasteiger partial charge on any atom is -0.495 e. The van der Waals surface area contributed by atoms with E-state index in [4.69, 9.17) is 33.2 Å². The van der Waals surface area contributed by atoms with E-state index in [2.05, 4.69) is 55.4 Å². The molecule has 0 aromatic carbocycles. The van der Waals surface area contributed by atoms with Crippen LogP contribution < -0.4 is 0 Å². The Bertz CT molecular complexity index is 905. The lowest BCUT2D eigenvalue weighted by Gasteiger charge is -2.26. The van der Waals surface area contributed by atoms with Crippen molar-refractivity contribution in [3.8, 4) is 0 Å². The molecule has 0 radical (unpaired) electrons. The minimum absolute atomic E-state index is 0.128. The molecule has 0 spiro atoms. The highest BCUT2D eigenvalue weighted by atomic mass is 16.7. The largest absolute Gasteiger partial charge is 0.495 e. The maximum Gasteiger partial charge on any atom is 0.162 e. The molecular formula is C56H110O7. The van der Waals surface area contributed by atoms with E-state index in [0.29, 0.717) is 26.4 Å². The molecule has 0 rings (SSSR count). The molecule has 0 aromatic heterocycles. The summed E-state index contributed by atoms with van der Waals surface area (Å²) in [5.41, 5.74) is 0. The number of unbranched alkanes of at least 4 members (excludes halogenated alkanes) is 28. The summed E-state index contributed by atoms with van der Waals surface area (Å²) in [6.45, 7) is 20.1. The van der Waals surface area contributed by atoms with Crippen molar-refractivity contribution >= 4 is 0 Å². The van der Waals surface area contributed by atoms with Crippen LogP contribution in [0.4, 0.5) is 0 Å². The smallest absolute Gasteiger partial charge is 0.162 e. The Kier molecular flexibility index (Phi) is 48.8. The van der Waals surface area contributed by atoms with Crippen LogP contribution in [-0.2, 0) is 33.2 Å². The second-order valence-electron chi connectivity index (χ2n) is 18.0. The zero-order chi connectivity index (χ0) is 46.1. The van der Waals surface area contributed by atoms with Gasteiger partial charge in [0.25, 0.3) is 0 Å². The maximum absolute atomic E-state index is 6.61. The lowest BCUT2D eigenvalue weighted by atomic mass is 10.0. The molecule has 0 saturated carbocycles. The normalized spacial score (nSPS) is 13.5. The van der Waals surface area contributed by atoms with E-state index in [1.54, 1.807) is 0 Å². The third-order valence-corrected chi connectivity index (χ3v) is 12.2. The molecule has 0 aliphatic heterocycles. The van der Waals surface area contributed by atoms with E-state index in [9.17, 15) is 0 Å². The van der Waals surface area contributed by atoms with Crippen LogP contribution in [0.5, 0.6) is 0 Å². The predicted octanol–water partition coefficient (Wildman–Crippen LogP) is 18.4. The van der Waals surface area contributed by atoms with Crippen LogP contribution in [0.25, 0.3) is 0 Å². The molecule has 0 heterocycles. The van der Waals surface area contributed by atoms with Gasteiger partial charge >= 0.3 is 0 Å². The monoisotopic (exact) mass is 895 g/mol. The first-order valence-corrected chi connectivity index (χ1v) is 27.9. The van der Waals surface area contributed by atoms with Gasteiger partial charge in [0.2, 0.25) is 0 Å². The molecule has 0 aliphatic rings. The Morgan fingerprint density at radius 3 is 0.810 bits per heavy atom. The number of rotatable bonds is 52. The minimum atomic E-state index is -0.218. The van der Waals surface area contributed by atoms with Crippen LogP contribution in [0.3, 0.4) is 0 Å². The van der Waals surface area contributed by atoms with Crippen LogP contribution in [0.1, 0.15) is 287 Å². The number of hydrogen-bond acceptors (Lipinski definition) is 7. The molecule has 0 fully saturated rings. The average molecular weight is 895 g/mol. The fourth-order valence-electron chi connectivity index (χ4n) is 8.54. The van der Waals surface area contributed by atoms with Crippen molar-refractivity contribution in [3.63, 3.8) is 0 Å². The second-order valence-corrected chi connectivity index (χ2v) is 18.0. The number of allylic oxidation sites excluding steroid dienone is 2. The summed E-state index contributed by atoms with van der Waals surface area (Å²) >= 11 is 0. The van der Waals surface area contributed by atoms with Gasteiger partial charge in [-0.25, -0.2) is 0 Å². The molecule has 0 N–H and O–H groups in total. The lowest BCUT2D eigenvalue weighted by Crippen LogP contribution is -2.25. The zero-order valence-corrected chi connectivity index (χ0v) is 43.7. The Balaban J connectivity index is 5.84. The van der Waals surface area contributed by atoms with Gasteiger partial charge in [-0.2, -0.15) is 0 Å². The summed E-state index contributed by atoms with van der Waals surface area (Å²) in [7, 11) is 0. The van der Waals surface area contributed by atoms with Crippen LogP contribution in [0.2, 0.25) is 0 Å². The lowest BCUT2D eigenvalue weighted by molar-refractivity contribution is -0.167. The van der Waals surface area contributed by atoms with Gasteiger partial charge < -0.3 is 33.2 Å². The summed E-state index contributed by atoms with van der Waals surface area (Å²) in [5.74, 6) is 3.65. The van der Waals surface area contributed by atoms with Gasteiger partial charge in [-0.15, -0.1) is 0 Å². The molecule has 0 saturated heterocycles. The van der Waals surface area contributed by atoms with Crippen molar-refractivity contribution in [2.75, 3.05) is 40.0 Å². The number of ether oxygens (including phenoxy) is 7. The molecule has 376 valence electrons. The predicted molar refractivity (Wildman–Crippen MR) is 270 cm³/mol. The SMILES string of the molecule is CCCCCCCCCCCCC(OCC)=C(OCC)C(CCCCCCCC)OCOCOC(CCCCCCCC)C(OCC)=C(CCCCCCCCCCCC)OCC. The summed E-state index contributed by atoms with van der Waals surface area (Å²) in [4.78, 5) is 0. The van der Waals surface area contributed by atoms with E-state index in [-0.39, 0.29) is 25.8 Å². The topological polar surface area (TPSA) is 64.6 Å². The van der Waals surface area contributed by atoms with Crippen LogP contribution in [0, 0.1) is 0 Å². The van der Waals surface area contributed by atoms with Crippen LogP contribution in [-0.4, -0.2) is 52.2 Å². The molecule has 0 amide bonds. The molecule has 0 bridgehead atoms. The third kappa shape index (κ3) is 37.4. The van der Waals surface area contributed by atoms with Crippen LogP contribution in [0.15, 0.2) is 23.0 Å². The third-order valence-electron chi connectivity index (χ3n) is 12.2. The Labute approximate surface area is 393 Å². The van der Waals surface area contributed by atoms with Gasteiger partial charge in [0.1, 0.15) is 23.7 Å². The first kappa shape index (κ1) is 61.6. The van der Waals surface area contributed by atoms with E-state index in [1.807, 2.05) is 0 Å². The highest BCUT2D eigenvalue weighted by Gasteiger charge is 2.25. The quantitative estimate of drug-likeness (QED) is 0.0342. The van der Waals surface area contributed by atoms with E-state index >= 15 is 0 Å². The van der Waals surface area contributed by atoms with Gasteiger partial charge in [0, 0.05) is 12.8 Å². The molecule has 7 heteroatoms. The van der Waals surface area contributed by atoms with Crippen molar-refractivity contribution in [1.29, 1.82) is 0 Å². The molecule has 2 atom stereocenters. The maximum atomic E-state index is 6.61. The van der Waals surface area contributed by atoms with Crippen molar-refractivity contribution in [2.45, 2.75) is 299 Å². The fourth-order valence-corrected chi connectivity index (χ4v) is 8.54. The van der Waals surface area contributed by atoms with Gasteiger partial charge in [0.05, 0.1) is 26.4 Å². The van der Waals surface area contributed by atoms with E-state index in [0.717, 1.165) is 74.4 Å². The fraction of sp³-hybridized carbons (Fsp3) is 0.929. The van der Waals surface area contributed by atoms with Gasteiger partial charge in [0.15, 0.2) is 25.1 Å². The molecule has 2 unspecified atom stereocenters. The molecule has 0 aliphatic carbocycles. The summed E-state index contributed by atoms with van der Waals surface area (Å²) in [6, 6.07) is 0. The van der Waals surface area contributed by atoms with Gasteiger partial charge in [-0.1, -0.05) is 220 Å². The Morgan fingerprint density at radius 2 is 0.540 bits per heavy atom. The van der Waals surface area contributed by atoms with Gasteiger partial charge in [-0.05, 0) is 53.4 Å². The Hall–Kier alpha value is -1.44. The van der Waals surface area contributed by atoms with E-state index < -0.39 is 0 Å². The molecule has 0 aromatic rings. The first-order valence-electron chi connectivity index (χ1n) is 27.9. The number of hydrogen-bond donors (Lipinski definition) is 0. The summed E-state index contributed by atoms with van der Waals surface area (Å²) in [6.07, 6.45) is 44.2.